The maximum atomic E-state index is 13.2. The van der Waals surface area contributed by atoms with Crippen molar-refractivity contribution in [3.63, 3.8) is 0 Å². The van der Waals surface area contributed by atoms with E-state index in [1.165, 1.54) is 5.56 Å². The van der Waals surface area contributed by atoms with Crippen LogP contribution in [0.5, 0.6) is 17.2 Å². The number of nitrogens with zero attached hydrogens (tertiary/aromatic N) is 5. The van der Waals surface area contributed by atoms with Gasteiger partial charge in [0.05, 0.1) is 11.6 Å². The summed E-state index contributed by atoms with van der Waals surface area (Å²) < 4.78 is 19.3. The van der Waals surface area contributed by atoms with Gasteiger partial charge in [0, 0.05) is 32.2 Å². The lowest BCUT2D eigenvalue weighted by molar-refractivity contribution is 0.0717. The number of piperazine rings is 1. The normalized spacial score (nSPS) is 21.5. The van der Waals surface area contributed by atoms with Crippen LogP contribution in [0.1, 0.15) is 44.0 Å². The molecule has 2 aromatic heterocycles. The molecule has 5 heterocycles. The van der Waals surface area contributed by atoms with Gasteiger partial charge in [0.2, 0.25) is 5.75 Å². The number of hydrogen-bond donors (Lipinski definition) is 0. The van der Waals surface area contributed by atoms with Crippen LogP contribution in [0.2, 0.25) is 0 Å². The number of aryl methyl sites for hydroxylation is 1. The van der Waals surface area contributed by atoms with Crippen LogP contribution in [0.25, 0.3) is 11.0 Å². The van der Waals surface area contributed by atoms with Crippen LogP contribution in [0, 0.1) is 11.3 Å². The summed E-state index contributed by atoms with van der Waals surface area (Å²) in [6.45, 7) is 7.54. The molecule has 0 bridgehead atoms. The van der Waals surface area contributed by atoms with Gasteiger partial charge in [-0.1, -0.05) is 19.9 Å². The summed E-state index contributed by atoms with van der Waals surface area (Å²) in [4.78, 5) is 22.7. The minimum atomic E-state index is -0.175. The largest absolute Gasteiger partial charge is 0.486 e. The van der Waals surface area contributed by atoms with Crippen molar-refractivity contribution in [3.05, 3.63) is 51.9 Å². The Bertz CT molecular complexity index is 1460. The highest BCUT2D eigenvalue weighted by atomic mass is 16.6. The van der Waals surface area contributed by atoms with E-state index >= 15 is 0 Å². The molecule has 3 aromatic rings. The first-order valence-electron chi connectivity index (χ1n) is 13.0. The van der Waals surface area contributed by atoms with E-state index in [9.17, 15) is 10.1 Å². The number of hydrogen-bond acceptors (Lipinski definition) is 8. The van der Waals surface area contributed by atoms with Crippen LogP contribution >= 0.6 is 0 Å². The highest BCUT2D eigenvalue weighted by molar-refractivity contribution is 5.93. The molecule has 3 atom stereocenters. The maximum Gasteiger partial charge on any atom is 0.295 e. The van der Waals surface area contributed by atoms with E-state index < -0.39 is 0 Å². The fourth-order valence-electron chi connectivity index (χ4n) is 6.07. The quantitative estimate of drug-likeness (QED) is 0.537. The molecule has 1 aromatic carbocycles. The average molecular weight is 502 g/mol. The first-order valence-corrected chi connectivity index (χ1v) is 13.0. The van der Waals surface area contributed by atoms with Gasteiger partial charge >= 0.3 is 0 Å². The number of ether oxygens (including phenoxy) is 3. The lowest BCUT2D eigenvalue weighted by Gasteiger charge is -2.51. The van der Waals surface area contributed by atoms with Crippen molar-refractivity contribution in [1.82, 2.24) is 14.5 Å². The third kappa shape index (κ3) is 3.78. The molecule has 9 heteroatoms. The highest BCUT2D eigenvalue weighted by Gasteiger charge is 2.42. The van der Waals surface area contributed by atoms with Gasteiger partial charge in [-0.25, -0.2) is 4.98 Å². The smallest absolute Gasteiger partial charge is 0.295 e. The number of rotatable bonds is 4. The van der Waals surface area contributed by atoms with Crippen LogP contribution < -0.4 is 24.7 Å². The molecule has 1 fully saturated rings. The predicted octanol–water partition coefficient (Wildman–Crippen LogP) is 3.39. The number of benzene rings is 1. The third-order valence-corrected chi connectivity index (χ3v) is 7.94. The molecule has 0 saturated carbocycles. The van der Waals surface area contributed by atoms with Gasteiger partial charge in [-0.05, 0) is 42.7 Å². The van der Waals surface area contributed by atoms with E-state index in [1.807, 2.05) is 6.07 Å². The van der Waals surface area contributed by atoms with Gasteiger partial charge in [0.25, 0.3) is 5.56 Å². The standard InChI is InChI=1S/C28H31N5O4/c1-4-19-14-33-20(15-32(19)21(5-2)17-6-9-23-24(12-17)36-11-10-35-23)16-37-27-26(33)25-22(31(3)28(27)34)8-7-18(13-29)30-25/h6-9,12,19-21H,4-5,10-11,14-16H2,1-3H3/t19-,20+,21?/m1/s1. The van der Waals surface area contributed by atoms with Crippen molar-refractivity contribution in [1.29, 1.82) is 5.26 Å². The summed E-state index contributed by atoms with van der Waals surface area (Å²) in [5.41, 5.74) is 3.43. The Morgan fingerprint density at radius 2 is 1.92 bits per heavy atom. The molecule has 0 aliphatic carbocycles. The molecule has 3 aliphatic rings. The molecule has 0 N–H and O–H groups in total. The molecular weight excluding hydrogens is 470 g/mol. The molecular formula is C28H31N5O4. The maximum absolute atomic E-state index is 13.2. The number of anilines is 1. The van der Waals surface area contributed by atoms with Gasteiger partial charge in [0.1, 0.15) is 42.8 Å². The van der Waals surface area contributed by atoms with Gasteiger partial charge < -0.3 is 23.7 Å². The molecule has 37 heavy (non-hydrogen) atoms. The molecule has 0 amide bonds. The van der Waals surface area contributed by atoms with E-state index in [0.717, 1.165) is 43.1 Å². The fourth-order valence-corrected chi connectivity index (χ4v) is 6.07. The van der Waals surface area contributed by atoms with Crippen molar-refractivity contribution in [2.24, 2.45) is 7.05 Å². The number of aromatic nitrogens is 2. The van der Waals surface area contributed by atoms with Gasteiger partial charge in [0.15, 0.2) is 11.5 Å². The fraction of sp³-hybridized carbons (Fsp3) is 0.464. The first-order chi connectivity index (χ1) is 18.0. The summed E-state index contributed by atoms with van der Waals surface area (Å²) >= 11 is 0. The third-order valence-electron chi connectivity index (χ3n) is 7.94. The number of fused-ring (bicyclic) bond motifs is 6. The SMILES string of the molecule is CCC(c1ccc2c(c1)OCCO2)N1C[C@H]2COc3c(c4nc(C#N)ccc4n(C)c3=O)N2C[C@H]1CC. The van der Waals surface area contributed by atoms with Crippen LogP contribution in [0.4, 0.5) is 5.69 Å². The first kappa shape index (κ1) is 23.6. The van der Waals surface area contributed by atoms with E-state index in [2.05, 4.69) is 46.8 Å². The Morgan fingerprint density at radius 1 is 1.11 bits per heavy atom. The Kier molecular flexibility index (Phi) is 5.92. The van der Waals surface area contributed by atoms with E-state index in [-0.39, 0.29) is 23.7 Å². The zero-order valence-corrected chi connectivity index (χ0v) is 21.4. The van der Waals surface area contributed by atoms with E-state index in [0.29, 0.717) is 42.3 Å². The molecule has 1 saturated heterocycles. The average Bonchev–Trinajstić information content (AvgIpc) is 2.95. The lowest BCUT2D eigenvalue weighted by Crippen LogP contribution is -2.62. The molecule has 6 rings (SSSR count). The summed E-state index contributed by atoms with van der Waals surface area (Å²) in [5, 5.41) is 9.49. The van der Waals surface area contributed by atoms with Gasteiger partial charge in [-0.2, -0.15) is 5.26 Å². The Hall–Kier alpha value is -3.77. The van der Waals surface area contributed by atoms with Crippen molar-refractivity contribution < 1.29 is 14.2 Å². The van der Waals surface area contributed by atoms with E-state index in [1.54, 1.807) is 23.7 Å². The van der Waals surface area contributed by atoms with Crippen LogP contribution in [0.15, 0.2) is 35.1 Å². The second-order valence-corrected chi connectivity index (χ2v) is 9.92. The van der Waals surface area contributed by atoms with E-state index in [4.69, 9.17) is 14.2 Å². The van der Waals surface area contributed by atoms with Crippen molar-refractivity contribution in [2.75, 3.05) is 37.8 Å². The topological polar surface area (TPSA) is 92.9 Å². The highest BCUT2D eigenvalue weighted by Crippen LogP contribution is 2.42. The molecule has 192 valence electrons. The molecule has 9 nitrogen and oxygen atoms in total. The Morgan fingerprint density at radius 3 is 2.68 bits per heavy atom. The number of pyridine rings is 2. The van der Waals surface area contributed by atoms with Gasteiger partial charge in [-0.15, -0.1) is 0 Å². The van der Waals surface area contributed by atoms with Crippen LogP contribution in [0.3, 0.4) is 0 Å². The minimum Gasteiger partial charge on any atom is -0.486 e. The second kappa shape index (κ2) is 9.27. The van der Waals surface area contributed by atoms with Crippen molar-refractivity contribution in [3.8, 4) is 23.3 Å². The van der Waals surface area contributed by atoms with Crippen LogP contribution in [-0.4, -0.2) is 59.4 Å². The van der Waals surface area contributed by atoms with Crippen molar-refractivity contribution >= 4 is 16.7 Å². The summed E-state index contributed by atoms with van der Waals surface area (Å²) in [6, 6.07) is 12.4. The number of nitriles is 1. The summed E-state index contributed by atoms with van der Waals surface area (Å²) in [7, 11) is 1.72. The van der Waals surface area contributed by atoms with Crippen LogP contribution in [-0.2, 0) is 7.05 Å². The monoisotopic (exact) mass is 501 g/mol. The lowest BCUT2D eigenvalue weighted by atomic mass is 9.94. The second-order valence-electron chi connectivity index (χ2n) is 9.92. The molecule has 1 unspecified atom stereocenters. The molecule has 3 aliphatic heterocycles. The Balaban J connectivity index is 1.39. The minimum absolute atomic E-state index is 0.0596. The Labute approximate surface area is 215 Å². The summed E-state index contributed by atoms with van der Waals surface area (Å²) in [6.07, 6.45) is 1.91. The predicted molar refractivity (Wildman–Crippen MR) is 140 cm³/mol. The zero-order chi connectivity index (χ0) is 25.7. The zero-order valence-electron chi connectivity index (χ0n) is 21.4. The van der Waals surface area contributed by atoms with Crippen molar-refractivity contribution in [2.45, 2.75) is 44.8 Å². The molecule has 0 radical (unpaired) electrons. The summed E-state index contributed by atoms with van der Waals surface area (Å²) in [5.74, 6) is 1.94. The molecule has 0 spiro atoms. The van der Waals surface area contributed by atoms with Gasteiger partial charge in [-0.3, -0.25) is 9.69 Å².